The maximum Gasteiger partial charge on any atom is 0.244 e. The van der Waals surface area contributed by atoms with Gasteiger partial charge in [0.05, 0.1) is 10.9 Å². The van der Waals surface area contributed by atoms with Crippen LogP contribution in [0, 0.1) is 0 Å². The van der Waals surface area contributed by atoms with E-state index in [0.717, 1.165) is 24.0 Å². The highest BCUT2D eigenvalue weighted by molar-refractivity contribution is 7.89. The normalized spacial score (nSPS) is 15.2. The van der Waals surface area contributed by atoms with Gasteiger partial charge in [0.15, 0.2) is 0 Å². The summed E-state index contributed by atoms with van der Waals surface area (Å²) in [7, 11) is -2.08. The van der Waals surface area contributed by atoms with E-state index in [2.05, 4.69) is 28.2 Å². The molecule has 0 radical (unpaired) electrons. The van der Waals surface area contributed by atoms with Crippen LogP contribution in [0.15, 0.2) is 53.4 Å². The van der Waals surface area contributed by atoms with Crippen LogP contribution < -0.4 is 10.0 Å². The van der Waals surface area contributed by atoms with Crippen molar-refractivity contribution in [2.45, 2.75) is 43.5 Å². The van der Waals surface area contributed by atoms with Crippen LogP contribution in [0.5, 0.6) is 0 Å². The molecule has 6 heteroatoms. The highest BCUT2D eigenvalue weighted by atomic mass is 32.2. The monoisotopic (exact) mass is 398 g/mol. The molecule has 2 aromatic carbocycles. The van der Waals surface area contributed by atoms with Gasteiger partial charge in [-0.3, -0.25) is 4.79 Å². The smallest absolute Gasteiger partial charge is 0.244 e. The highest BCUT2D eigenvalue weighted by Crippen LogP contribution is 2.24. The zero-order valence-electron chi connectivity index (χ0n) is 16.2. The third kappa shape index (κ3) is 4.88. The molecule has 5 nitrogen and oxygen atoms in total. The number of amides is 1. The Morgan fingerprint density at radius 2 is 1.71 bits per heavy atom. The van der Waals surface area contributed by atoms with Gasteiger partial charge in [-0.1, -0.05) is 30.3 Å². The lowest BCUT2D eigenvalue weighted by Crippen LogP contribution is -2.24. The minimum atomic E-state index is -3.45. The second kappa shape index (κ2) is 8.71. The van der Waals surface area contributed by atoms with Gasteiger partial charge in [0.1, 0.15) is 0 Å². The minimum Gasteiger partial charge on any atom is -0.346 e. The van der Waals surface area contributed by atoms with E-state index >= 15 is 0 Å². The van der Waals surface area contributed by atoms with Gasteiger partial charge >= 0.3 is 0 Å². The second-order valence-electron chi connectivity index (χ2n) is 7.08. The second-order valence-corrected chi connectivity index (χ2v) is 8.96. The van der Waals surface area contributed by atoms with Crippen molar-refractivity contribution in [1.29, 1.82) is 0 Å². The summed E-state index contributed by atoms with van der Waals surface area (Å²) < 4.78 is 25.7. The van der Waals surface area contributed by atoms with E-state index in [9.17, 15) is 13.2 Å². The number of hydrogen-bond donors (Lipinski definition) is 2. The predicted molar refractivity (Wildman–Crippen MR) is 111 cm³/mol. The number of nitrogens with one attached hydrogen (secondary N) is 2. The van der Waals surface area contributed by atoms with E-state index in [1.54, 1.807) is 18.2 Å². The lowest BCUT2D eigenvalue weighted by molar-refractivity contribution is -0.117. The maximum atomic E-state index is 12.3. The summed E-state index contributed by atoms with van der Waals surface area (Å²) in [6, 6.07) is 12.8. The predicted octanol–water partition coefficient (Wildman–Crippen LogP) is 3.36. The van der Waals surface area contributed by atoms with Gasteiger partial charge in [0, 0.05) is 6.08 Å². The molecule has 1 aliphatic rings. The number of fused-ring (bicyclic) bond motifs is 1. The highest BCUT2D eigenvalue weighted by Gasteiger charge is 2.13. The van der Waals surface area contributed by atoms with Crippen LogP contribution in [0.1, 0.15) is 48.1 Å². The van der Waals surface area contributed by atoms with E-state index in [1.807, 2.05) is 6.92 Å². The SMILES string of the molecule is CNS(=O)(=O)c1ccc(/C=C/C(=O)NC(C)c2ccc3c(c2)CCCC3)cc1. The molecule has 1 amide bonds. The van der Waals surface area contributed by atoms with Crippen LogP contribution >= 0.6 is 0 Å². The van der Waals surface area contributed by atoms with Crippen molar-refractivity contribution >= 4 is 22.0 Å². The van der Waals surface area contributed by atoms with E-state index in [0.29, 0.717) is 0 Å². The Bertz CT molecular complexity index is 979. The molecule has 0 aromatic heterocycles. The Balaban J connectivity index is 1.62. The lowest BCUT2D eigenvalue weighted by Gasteiger charge is -2.19. The average molecular weight is 399 g/mol. The Hall–Kier alpha value is -2.44. The summed E-state index contributed by atoms with van der Waals surface area (Å²) in [5.74, 6) is -0.183. The molecular weight excluding hydrogens is 372 g/mol. The van der Waals surface area contributed by atoms with Crippen molar-refractivity contribution in [3.63, 3.8) is 0 Å². The molecule has 28 heavy (non-hydrogen) atoms. The first-order valence-corrected chi connectivity index (χ1v) is 11.0. The van der Waals surface area contributed by atoms with Crippen LogP contribution in [-0.4, -0.2) is 21.4 Å². The molecule has 3 rings (SSSR count). The lowest BCUT2D eigenvalue weighted by atomic mass is 9.89. The van der Waals surface area contributed by atoms with Crippen LogP contribution in [0.2, 0.25) is 0 Å². The fourth-order valence-electron chi connectivity index (χ4n) is 3.42. The molecular formula is C22H26N2O3S. The third-order valence-electron chi connectivity index (χ3n) is 5.12. The van der Waals surface area contributed by atoms with Crippen LogP contribution in [0.25, 0.3) is 6.08 Å². The van der Waals surface area contributed by atoms with E-state index in [1.165, 1.54) is 49.2 Å². The Morgan fingerprint density at radius 1 is 1.04 bits per heavy atom. The number of rotatable bonds is 6. The summed E-state index contributed by atoms with van der Waals surface area (Å²) in [4.78, 5) is 12.4. The standard InChI is InChI=1S/C22H26N2O3S/c1-16(19-11-10-18-5-3-4-6-20(18)15-19)24-22(25)14-9-17-7-12-21(13-8-17)28(26,27)23-2/h7-16,23H,3-6H2,1-2H3,(H,24,25)/b14-9+. The molecule has 0 bridgehead atoms. The summed E-state index contributed by atoms with van der Waals surface area (Å²) in [5, 5.41) is 2.99. The summed E-state index contributed by atoms with van der Waals surface area (Å²) >= 11 is 0. The van der Waals surface area contributed by atoms with Crippen molar-refractivity contribution in [2.75, 3.05) is 7.05 Å². The molecule has 2 aromatic rings. The van der Waals surface area contributed by atoms with Gasteiger partial charge in [0.2, 0.25) is 15.9 Å². The molecule has 0 saturated carbocycles. The number of hydrogen-bond acceptors (Lipinski definition) is 3. The van der Waals surface area contributed by atoms with Crippen molar-refractivity contribution in [3.8, 4) is 0 Å². The Labute approximate surface area is 166 Å². The van der Waals surface area contributed by atoms with Crippen molar-refractivity contribution in [1.82, 2.24) is 10.0 Å². The molecule has 148 valence electrons. The molecule has 1 aliphatic carbocycles. The molecule has 0 aliphatic heterocycles. The summed E-state index contributed by atoms with van der Waals surface area (Å²) in [6.07, 6.45) is 7.89. The number of carbonyl (C=O) groups excluding carboxylic acids is 1. The van der Waals surface area contributed by atoms with Gasteiger partial charge in [-0.2, -0.15) is 0 Å². The molecule has 0 heterocycles. The molecule has 0 saturated heterocycles. The Kier molecular flexibility index (Phi) is 6.31. The molecule has 0 fully saturated rings. The van der Waals surface area contributed by atoms with E-state index in [-0.39, 0.29) is 16.8 Å². The molecule has 1 atom stereocenters. The minimum absolute atomic E-state index is 0.0764. The van der Waals surface area contributed by atoms with Gasteiger partial charge in [-0.05, 0) is 80.1 Å². The molecule has 0 spiro atoms. The van der Waals surface area contributed by atoms with Crippen LogP contribution in [-0.2, 0) is 27.7 Å². The Morgan fingerprint density at radius 3 is 2.39 bits per heavy atom. The quantitative estimate of drug-likeness (QED) is 0.733. The van der Waals surface area contributed by atoms with Gasteiger partial charge in [-0.25, -0.2) is 13.1 Å². The van der Waals surface area contributed by atoms with Crippen LogP contribution in [0.4, 0.5) is 0 Å². The number of carbonyl (C=O) groups is 1. The first kappa shape index (κ1) is 20.3. The fraction of sp³-hybridized carbons (Fsp3) is 0.318. The van der Waals surface area contributed by atoms with Crippen molar-refractivity contribution in [3.05, 3.63) is 70.8 Å². The zero-order chi connectivity index (χ0) is 20.1. The summed E-state index contributed by atoms with van der Waals surface area (Å²) in [5.41, 5.74) is 4.70. The van der Waals surface area contributed by atoms with Gasteiger partial charge < -0.3 is 5.32 Å². The molecule has 1 unspecified atom stereocenters. The van der Waals surface area contributed by atoms with Crippen LogP contribution in [0.3, 0.4) is 0 Å². The maximum absolute atomic E-state index is 12.3. The zero-order valence-corrected chi connectivity index (χ0v) is 17.1. The average Bonchev–Trinajstić information content (AvgIpc) is 2.72. The number of aryl methyl sites for hydroxylation is 2. The third-order valence-corrected chi connectivity index (χ3v) is 6.55. The van der Waals surface area contributed by atoms with E-state index in [4.69, 9.17) is 0 Å². The summed E-state index contributed by atoms with van der Waals surface area (Å²) in [6.45, 7) is 1.98. The number of sulfonamides is 1. The first-order valence-electron chi connectivity index (χ1n) is 9.53. The topological polar surface area (TPSA) is 75.3 Å². The number of benzene rings is 2. The van der Waals surface area contributed by atoms with E-state index < -0.39 is 10.0 Å². The molecule has 2 N–H and O–H groups in total. The van der Waals surface area contributed by atoms with Crippen molar-refractivity contribution in [2.24, 2.45) is 0 Å². The van der Waals surface area contributed by atoms with Gasteiger partial charge in [-0.15, -0.1) is 0 Å². The largest absolute Gasteiger partial charge is 0.346 e. The van der Waals surface area contributed by atoms with Crippen molar-refractivity contribution < 1.29 is 13.2 Å². The van der Waals surface area contributed by atoms with Gasteiger partial charge in [0.25, 0.3) is 0 Å². The fourth-order valence-corrected chi connectivity index (χ4v) is 4.15. The first-order chi connectivity index (χ1) is 13.4.